The quantitative estimate of drug-likeness (QED) is 0.558. The zero-order chi connectivity index (χ0) is 19.6. The molecule has 2 N–H and O–H groups in total. The van der Waals surface area contributed by atoms with E-state index in [4.69, 9.17) is 4.74 Å². The Morgan fingerprint density at radius 3 is 2.46 bits per heavy atom. The zero-order valence-corrected chi connectivity index (χ0v) is 17.1. The van der Waals surface area contributed by atoms with Gasteiger partial charge in [0.2, 0.25) is 5.91 Å². The monoisotopic (exact) mass is 386 g/mol. The summed E-state index contributed by atoms with van der Waals surface area (Å²) >= 11 is 0. The minimum atomic E-state index is 0.146. The van der Waals surface area contributed by atoms with Crippen LogP contribution in [0, 0.1) is 0 Å². The first-order valence-corrected chi connectivity index (χ1v) is 10.8. The number of likely N-dealkylation sites (tertiary alicyclic amines) is 1. The first kappa shape index (κ1) is 20.5. The van der Waals surface area contributed by atoms with Crippen LogP contribution in [-0.4, -0.2) is 49.0 Å². The van der Waals surface area contributed by atoms with E-state index in [9.17, 15) is 4.79 Å². The smallest absolute Gasteiger partial charge is 0.241 e. The maximum Gasteiger partial charge on any atom is 0.241 e. The van der Waals surface area contributed by atoms with Gasteiger partial charge in [-0.05, 0) is 63.1 Å². The molecule has 2 fully saturated rings. The Morgan fingerprint density at radius 1 is 1.07 bits per heavy atom. The van der Waals surface area contributed by atoms with Gasteiger partial charge in [-0.3, -0.25) is 4.79 Å². The van der Waals surface area contributed by atoms with Crippen LogP contribution >= 0.6 is 0 Å². The van der Waals surface area contributed by atoms with Gasteiger partial charge >= 0.3 is 0 Å². The van der Waals surface area contributed by atoms with Gasteiger partial charge in [0.05, 0.1) is 19.2 Å². The van der Waals surface area contributed by atoms with Gasteiger partial charge in [0, 0.05) is 19.6 Å². The van der Waals surface area contributed by atoms with Crippen LogP contribution in [0.5, 0.6) is 5.75 Å². The second-order valence-electron chi connectivity index (χ2n) is 7.66. The van der Waals surface area contributed by atoms with Crippen LogP contribution in [0.15, 0.2) is 29.3 Å². The number of guanidine groups is 1. The van der Waals surface area contributed by atoms with Crippen LogP contribution in [0.2, 0.25) is 0 Å². The van der Waals surface area contributed by atoms with Crippen LogP contribution < -0.4 is 15.4 Å². The highest BCUT2D eigenvalue weighted by Crippen LogP contribution is 2.23. The number of nitrogens with one attached hydrogen (secondary N) is 2. The lowest BCUT2D eigenvalue weighted by molar-refractivity contribution is -0.128. The predicted octanol–water partition coefficient (Wildman–Crippen LogP) is 3.08. The van der Waals surface area contributed by atoms with Crippen molar-refractivity contribution in [3.05, 3.63) is 29.8 Å². The Kier molecular flexibility index (Phi) is 8.00. The lowest BCUT2D eigenvalue weighted by atomic mass is 9.98. The molecule has 1 heterocycles. The van der Waals surface area contributed by atoms with Crippen molar-refractivity contribution in [3.63, 3.8) is 0 Å². The highest BCUT2D eigenvalue weighted by atomic mass is 16.5. The summed E-state index contributed by atoms with van der Waals surface area (Å²) in [5.74, 6) is 1.77. The zero-order valence-electron chi connectivity index (χ0n) is 17.1. The Hall–Kier alpha value is -2.24. The molecule has 28 heavy (non-hydrogen) atoms. The molecule has 0 spiro atoms. The van der Waals surface area contributed by atoms with Gasteiger partial charge in [0.15, 0.2) is 5.96 Å². The molecule has 6 heteroatoms. The second kappa shape index (κ2) is 10.9. The van der Waals surface area contributed by atoms with Gasteiger partial charge in [-0.25, -0.2) is 4.99 Å². The fraction of sp³-hybridized carbons (Fsp3) is 0.636. The summed E-state index contributed by atoms with van der Waals surface area (Å²) in [4.78, 5) is 18.7. The standard InChI is InChI=1S/C22H34N4O2/c1-2-23-22(25-17-21(27)26-14-6-7-15-26)24-16-18-10-12-20(13-11-18)28-19-8-4-3-5-9-19/h10-13,19H,2-9,14-17H2,1H3,(H2,23,24,25). The molecule has 6 nitrogen and oxygen atoms in total. The average molecular weight is 387 g/mol. The van der Waals surface area contributed by atoms with Gasteiger partial charge in [0.1, 0.15) is 5.75 Å². The Balaban J connectivity index is 1.48. The first-order valence-electron chi connectivity index (χ1n) is 10.8. The number of hydrogen-bond acceptors (Lipinski definition) is 3. The maximum absolute atomic E-state index is 12.2. The van der Waals surface area contributed by atoms with Crippen molar-refractivity contribution in [2.45, 2.75) is 64.5 Å². The minimum absolute atomic E-state index is 0.146. The SMILES string of the molecule is CCNC(=NCc1ccc(OC2CCCCC2)cc1)NCC(=O)N1CCCC1. The molecule has 0 bridgehead atoms. The molecule has 3 rings (SSSR count). The number of benzene rings is 1. The van der Waals surface area contributed by atoms with Gasteiger partial charge < -0.3 is 20.3 Å². The van der Waals surface area contributed by atoms with Gasteiger partial charge in [-0.1, -0.05) is 18.6 Å². The topological polar surface area (TPSA) is 66.0 Å². The summed E-state index contributed by atoms with van der Waals surface area (Å²) in [5, 5.41) is 6.36. The van der Waals surface area contributed by atoms with E-state index < -0.39 is 0 Å². The summed E-state index contributed by atoms with van der Waals surface area (Å²) in [6.45, 7) is 5.40. The van der Waals surface area contributed by atoms with E-state index in [-0.39, 0.29) is 5.91 Å². The normalized spacial score (nSPS) is 18.2. The Bertz CT molecular complexity index is 632. The minimum Gasteiger partial charge on any atom is -0.490 e. The highest BCUT2D eigenvalue weighted by Gasteiger charge is 2.17. The number of aliphatic imine (C=N–C) groups is 1. The molecular weight excluding hydrogens is 352 g/mol. The van der Waals surface area contributed by atoms with Gasteiger partial charge in [0.25, 0.3) is 0 Å². The molecule has 154 valence electrons. The molecule has 1 aromatic rings. The van der Waals surface area contributed by atoms with Crippen LogP contribution in [-0.2, 0) is 11.3 Å². The lowest BCUT2D eigenvalue weighted by Crippen LogP contribution is -2.44. The van der Waals surface area contributed by atoms with E-state index in [1.807, 2.05) is 24.0 Å². The molecule has 0 atom stereocenters. The van der Waals surface area contributed by atoms with Crippen LogP contribution in [0.1, 0.15) is 57.4 Å². The number of rotatable bonds is 7. The first-order chi connectivity index (χ1) is 13.7. The summed E-state index contributed by atoms with van der Waals surface area (Å²) in [6, 6.07) is 8.22. The lowest BCUT2D eigenvalue weighted by Gasteiger charge is -2.23. The van der Waals surface area contributed by atoms with Crippen LogP contribution in [0.3, 0.4) is 0 Å². The van der Waals surface area contributed by atoms with Gasteiger partial charge in [-0.2, -0.15) is 0 Å². The molecular formula is C22H34N4O2. The Labute approximate surface area is 168 Å². The van der Waals surface area contributed by atoms with E-state index >= 15 is 0 Å². The molecule has 0 radical (unpaired) electrons. The third-order valence-corrected chi connectivity index (χ3v) is 5.41. The van der Waals surface area contributed by atoms with Crippen molar-refractivity contribution >= 4 is 11.9 Å². The van der Waals surface area contributed by atoms with Crippen molar-refractivity contribution in [3.8, 4) is 5.75 Å². The highest BCUT2D eigenvalue weighted by molar-refractivity contribution is 5.86. The van der Waals surface area contributed by atoms with E-state index in [1.165, 1.54) is 32.1 Å². The largest absolute Gasteiger partial charge is 0.490 e. The molecule has 1 aliphatic carbocycles. The molecule has 2 aliphatic rings. The molecule has 1 amide bonds. The van der Waals surface area contributed by atoms with E-state index in [0.29, 0.717) is 25.2 Å². The van der Waals surface area contributed by atoms with Crippen molar-refractivity contribution < 1.29 is 9.53 Å². The van der Waals surface area contributed by atoms with Crippen LogP contribution in [0.25, 0.3) is 0 Å². The van der Waals surface area contributed by atoms with E-state index in [0.717, 1.165) is 43.8 Å². The average Bonchev–Trinajstić information content (AvgIpc) is 3.27. The maximum atomic E-state index is 12.2. The molecule has 0 unspecified atom stereocenters. The summed E-state index contributed by atoms with van der Waals surface area (Å²) in [6.07, 6.45) is 8.81. The van der Waals surface area contributed by atoms with E-state index in [1.54, 1.807) is 0 Å². The number of hydrogen-bond donors (Lipinski definition) is 2. The molecule has 1 aromatic carbocycles. The summed E-state index contributed by atoms with van der Waals surface area (Å²) < 4.78 is 6.09. The molecule has 0 aromatic heterocycles. The van der Waals surface area contributed by atoms with Crippen molar-refractivity contribution in [1.82, 2.24) is 15.5 Å². The fourth-order valence-corrected chi connectivity index (χ4v) is 3.80. The summed E-state index contributed by atoms with van der Waals surface area (Å²) in [7, 11) is 0. The molecule has 1 saturated carbocycles. The van der Waals surface area contributed by atoms with Crippen molar-refractivity contribution in [2.24, 2.45) is 4.99 Å². The summed E-state index contributed by atoms with van der Waals surface area (Å²) in [5.41, 5.74) is 1.12. The van der Waals surface area contributed by atoms with Crippen LogP contribution in [0.4, 0.5) is 0 Å². The van der Waals surface area contributed by atoms with Crippen molar-refractivity contribution in [2.75, 3.05) is 26.2 Å². The fourth-order valence-electron chi connectivity index (χ4n) is 3.80. The number of carbonyl (C=O) groups excluding carboxylic acids is 1. The number of carbonyl (C=O) groups is 1. The van der Waals surface area contributed by atoms with Crippen molar-refractivity contribution in [1.29, 1.82) is 0 Å². The second-order valence-corrected chi connectivity index (χ2v) is 7.66. The Morgan fingerprint density at radius 2 is 1.79 bits per heavy atom. The predicted molar refractivity (Wildman–Crippen MR) is 113 cm³/mol. The molecule has 1 saturated heterocycles. The number of amides is 1. The third kappa shape index (κ3) is 6.43. The molecule has 1 aliphatic heterocycles. The number of nitrogens with zero attached hydrogens (tertiary/aromatic N) is 2. The van der Waals surface area contributed by atoms with E-state index in [2.05, 4.69) is 27.8 Å². The van der Waals surface area contributed by atoms with Gasteiger partial charge in [-0.15, -0.1) is 0 Å². The third-order valence-electron chi connectivity index (χ3n) is 5.41. The number of ether oxygens (including phenoxy) is 1.